The molecule has 0 saturated heterocycles. The van der Waals surface area contributed by atoms with Crippen molar-refractivity contribution >= 4 is 23.7 Å². The van der Waals surface area contributed by atoms with Crippen LogP contribution in [0.3, 0.4) is 0 Å². The summed E-state index contributed by atoms with van der Waals surface area (Å²) in [6.07, 6.45) is 4.02. The van der Waals surface area contributed by atoms with Crippen LogP contribution in [0.25, 0.3) is 0 Å². The van der Waals surface area contributed by atoms with Crippen LogP contribution < -0.4 is 10.9 Å². The second-order valence-electron chi connectivity index (χ2n) is 3.02. The van der Waals surface area contributed by atoms with E-state index >= 15 is 0 Å². The fraction of sp³-hybridized carbons (Fsp3) is 0. The zero-order chi connectivity index (χ0) is 12.5. The monoisotopic (exact) mass is 249 g/mol. The average Bonchev–Trinajstić information content (AvgIpc) is 2.40. The minimum Gasteiger partial charge on any atom is -0.277 e. The third-order valence-corrected chi connectivity index (χ3v) is 2.02. The fourth-order valence-electron chi connectivity index (χ4n) is 1.01. The predicted molar refractivity (Wildman–Crippen MR) is 68.4 cm³/mol. The Morgan fingerprint density at radius 3 is 2.29 bits per heavy atom. The minimum atomic E-state index is 0.520. The Balaban J connectivity index is 0.000000202. The molecule has 17 heavy (non-hydrogen) atoms. The number of carbonyl (C=O) groups is 1. The van der Waals surface area contributed by atoms with Gasteiger partial charge in [0.2, 0.25) is 6.41 Å². The standard InChI is InChI=1S/C7H7ClN2O.C5H5N/c8-6-2-1-3-7(4-6)10(9)5-11;1-2-4-6-5-3-1/h1-5H,9H2;1-5H. The summed E-state index contributed by atoms with van der Waals surface area (Å²) in [6.45, 7) is 0. The van der Waals surface area contributed by atoms with Gasteiger partial charge in [-0.2, -0.15) is 0 Å². The Morgan fingerprint density at radius 2 is 1.88 bits per heavy atom. The number of halogens is 1. The molecule has 5 heteroatoms. The topological polar surface area (TPSA) is 59.2 Å². The van der Waals surface area contributed by atoms with Gasteiger partial charge in [0.05, 0.1) is 5.69 Å². The largest absolute Gasteiger partial charge is 0.277 e. The van der Waals surface area contributed by atoms with Gasteiger partial charge in [0.1, 0.15) is 0 Å². The number of hydrogen-bond acceptors (Lipinski definition) is 3. The molecule has 0 aliphatic carbocycles. The Kier molecular flexibility index (Phi) is 5.71. The summed E-state index contributed by atoms with van der Waals surface area (Å²) in [5.74, 6) is 5.27. The van der Waals surface area contributed by atoms with Gasteiger partial charge in [-0.3, -0.25) is 14.8 Å². The Bertz CT molecular complexity index is 424. The summed E-state index contributed by atoms with van der Waals surface area (Å²) < 4.78 is 0. The van der Waals surface area contributed by atoms with Crippen molar-refractivity contribution in [1.82, 2.24) is 4.98 Å². The summed E-state index contributed by atoms with van der Waals surface area (Å²) in [6, 6.07) is 12.5. The van der Waals surface area contributed by atoms with Crippen molar-refractivity contribution in [3.63, 3.8) is 0 Å². The van der Waals surface area contributed by atoms with Crippen LogP contribution in [0.15, 0.2) is 54.9 Å². The summed E-state index contributed by atoms with van der Waals surface area (Å²) >= 11 is 5.65. The molecule has 0 atom stereocenters. The number of amides is 1. The molecule has 0 saturated carbocycles. The van der Waals surface area contributed by atoms with Crippen molar-refractivity contribution in [1.29, 1.82) is 0 Å². The Labute approximate surface area is 105 Å². The molecule has 1 amide bonds. The highest BCUT2D eigenvalue weighted by atomic mass is 35.5. The van der Waals surface area contributed by atoms with Crippen molar-refractivity contribution in [2.45, 2.75) is 0 Å². The van der Waals surface area contributed by atoms with E-state index in [2.05, 4.69) is 4.98 Å². The van der Waals surface area contributed by atoms with Crippen LogP contribution in [0.5, 0.6) is 0 Å². The zero-order valence-corrected chi connectivity index (χ0v) is 9.79. The molecule has 88 valence electrons. The highest BCUT2D eigenvalue weighted by Gasteiger charge is 1.97. The molecule has 1 heterocycles. The van der Waals surface area contributed by atoms with E-state index in [0.717, 1.165) is 5.01 Å². The second kappa shape index (κ2) is 7.38. The van der Waals surface area contributed by atoms with E-state index in [4.69, 9.17) is 17.4 Å². The van der Waals surface area contributed by atoms with Crippen molar-refractivity contribution in [3.8, 4) is 0 Å². The highest BCUT2D eigenvalue weighted by molar-refractivity contribution is 6.30. The average molecular weight is 250 g/mol. The summed E-state index contributed by atoms with van der Waals surface area (Å²) in [7, 11) is 0. The number of benzene rings is 1. The van der Waals surface area contributed by atoms with E-state index in [1.54, 1.807) is 36.7 Å². The van der Waals surface area contributed by atoms with Crippen LogP contribution in [-0.2, 0) is 4.79 Å². The minimum absolute atomic E-state index is 0.520. The first-order chi connectivity index (χ1) is 8.24. The number of aromatic nitrogens is 1. The molecule has 1 aromatic carbocycles. The van der Waals surface area contributed by atoms with Gasteiger partial charge < -0.3 is 0 Å². The van der Waals surface area contributed by atoms with Gasteiger partial charge in [-0.15, -0.1) is 0 Å². The maximum Gasteiger partial charge on any atom is 0.228 e. The predicted octanol–water partition coefficient (Wildman–Crippen LogP) is 2.26. The van der Waals surface area contributed by atoms with Crippen LogP contribution in [0, 0.1) is 0 Å². The maximum atomic E-state index is 10.2. The van der Waals surface area contributed by atoms with Crippen molar-refractivity contribution in [2.75, 3.05) is 5.01 Å². The molecule has 0 unspecified atom stereocenters. The van der Waals surface area contributed by atoms with E-state index in [-0.39, 0.29) is 0 Å². The SMILES string of the molecule is NN(C=O)c1cccc(Cl)c1.c1ccncc1. The lowest BCUT2D eigenvalue weighted by molar-refractivity contribution is -0.107. The van der Waals surface area contributed by atoms with Gasteiger partial charge in [-0.05, 0) is 30.3 Å². The van der Waals surface area contributed by atoms with Crippen LogP contribution in [0.1, 0.15) is 0 Å². The molecule has 2 aromatic rings. The Morgan fingerprint density at radius 1 is 1.18 bits per heavy atom. The number of nitrogens with zero attached hydrogens (tertiary/aromatic N) is 2. The molecular weight excluding hydrogens is 238 g/mol. The summed E-state index contributed by atoms with van der Waals surface area (Å²) in [5.41, 5.74) is 0.576. The molecule has 0 aliphatic rings. The van der Waals surface area contributed by atoms with Gasteiger partial charge >= 0.3 is 0 Å². The van der Waals surface area contributed by atoms with E-state index in [1.165, 1.54) is 0 Å². The summed E-state index contributed by atoms with van der Waals surface area (Å²) in [4.78, 5) is 14.0. The number of carbonyl (C=O) groups excluding carboxylic acids is 1. The van der Waals surface area contributed by atoms with Gasteiger partial charge in [0, 0.05) is 17.4 Å². The van der Waals surface area contributed by atoms with Crippen LogP contribution in [-0.4, -0.2) is 11.4 Å². The maximum absolute atomic E-state index is 10.2. The molecule has 1 aromatic heterocycles. The zero-order valence-electron chi connectivity index (χ0n) is 9.03. The van der Waals surface area contributed by atoms with Gasteiger partial charge in [0.25, 0.3) is 0 Å². The molecule has 0 aliphatic heterocycles. The number of anilines is 1. The normalized spacial score (nSPS) is 8.82. The van der Waals surface area contributed by atoms with E-state index in [0.29, 0.717) is 17.1 Å². The number of hydrogen-bond donors (Lipinski definition) is 1. The van der Waals surface area contributed by atoms with E-state index in [1.807, 2.05) is 18.2 Å². The fourth-order valence-corrected chi connectivity index (χ4v) is 1.19. The third-order valence-electron chi connectivity index (χ3n) is 1.79. The second-order valence-corrected chi connectivity index (χ2v) is 3.45. The van der Waals surface area contributed by atoms with Crippen molar-refractivity contribution < 1.29 is 4.79 Å². The van der Waals surface area contributed by atoms with E-state index < -0.39 is 0 Å². The first-order valence-corrected chi connectivity index (χ1v) is 5.21. The first kappa shape index (κ1) is 13.2. The quantitative estimate of drug-likeness (QED) is 0.384. The molecule has 0 bridgehead atoms. The number of hydrazine groups is 1. The number of rotatable bonds is 2. The molecular formula is C12H12ClN3O. The molecule has 2 rings (SSSR count). The number of nitrogens with two attached hydrogens (primary N) is 1. The van der Waals surface area contributed by atoms with Gasteiger partial charge in [-0.1, -0.05) is 23.7 Å². The van der Waals surface area contributed by atoms with Crippen molar-refractivity contribution in [2.24, 2.45) is 5.84 Å². The van der Waals surface area contributed by atoms with Crippen LogP contribution in [0.2, 0.25) is 5.02 Å². The lowest BCUT2D eigenvalue weighted by Gasteiger charge is -2.08. The smallest absolute Gasteiger partial charge is 0.228 e. The lowest BCUT2D eigenvalue weighted by Crippen LogP contribution is -2.28. The number of pyridine rings is 1. The molecule has 2 N–H and O–H groups in total. The molecule has 0 radical (unpaired) electrons. The third kappa shape index (κ3) is 5.10. The lowest BCUT2D eigenvalue weighted by atomic mass is 10.3. The van der Waals surface area contributed by atoms with Gasteiger partial charge in [0.15, 0.2) is 0 Å². The van der Waals surface area contributed by atoms with Crippen LogP contribution >= 0.6 is 11.6 Å². The first-order valence-electron chi connectivity index (χ1n) is 4.84. The summed E-state index contributed by atoms with van der Waals surface area (Å²) in [5, 5.41) is 1.52. The Hall–Kier alpha value is -1.91. The van der Waals surface area contributed by atoms with Gasteiger partial charge in [-0.25, -0.2) is 5.84 Å². The van der Waals surface area contributed by atoms with Crippen molar-refractivity contribution in [3.05, 3.63) is 59.9 Å². The molecule has 0 spiro atoms. The molecule has 4 nitrogen and oxygen atoms in total. The highest BCUT2D eigenvalue weighted by Crippen LogP contribution is 2.15. The van der Waals surface area contributed by atoms with Crippen LogP contribution in [0.4, 0.5) is 5.69 Å². The van der Waals surface area contributed by atoms with E-state index in [9.17, 15) is 4.79 Å². The molecule has 0 fully saturated rings.